The highest BCUT2D eigenvalue weighted by Crippen LogP contribution is 2.25. The van der Waals surface area contributed by atoms with Gasteiger partial charge in [0.25, 0.3) is 0 Å². The van der Waals surface area contributed by atoms with Crippen molar-refractivity contribution in [3.8, 4) is 11.5 Å². The minimum Gasteiger partial charge on any atom is -0.497 e. The van der Waals surface area contributed by atoms with Crippen LogP contribution in [0.5, 0.6) is 11.5 Å². The summed E-state index contributed by atoms with van der Waals surface area (Å²) >= 11 is 1.47. The number of rotatable bonds is 5. The van der Waals surface area contributed by atoms with Crippen LogP contribution in [0.1, 0.15) is 0 Å². The lowest BCUT2D eigenvalue weighted by molar-refractivity contribution is -0.113. The molecular weight excluding hydrogens is 226 g/mol. The number of amides is 1. The molecule has 0 unspecified atom stereocenters. The predicted octanol–water partition coefficient (Wildman–Crippen LogP) is 2.01. The Morgan fingerprint density at radius 1 is 1.25 bits per heavy atom. The molecule has 0 atom stereocenters. The van der Waals surface area contributed by atoms with Crippen molar-refractivity contribution in [2.75, 3.05) is 31.5 Å². The number of carbonyl (C=O) groups is 1. The van der Waals surface area contributed by atoms with Crippen molar-refractivity contribution >= 4 is 23.4 Å². The number of methoxy groups -OCH3 is 2. The van der Waals surface area contributed by atoms with Crippen LogP contribution in [-0.4, -0.2) is 32.1 Å². The van der Waals surface area contributed by atoms with Crippen molar-refractivity contribution in [1.82, 2.24) is 0 Å². The molecule has 5 heteroatoms. The van der Waals surface area contributed by atoms with Gasteiger partial charge >= 0.3 is 0 Å². The van der Waals surface area contributed by atoms with E-state index in [1.54, 1.807) is 32.4 Å². The maximum Gasteiger partial charge on any atom is 0.234 e. The summed E-state index contributed by atoms with van der Waals surface area (Å²) in [6, 6.07) is 5.26. The standard InChI is InChI=1S/C11H15NO3S/c1-14-9-4-8(5-10(6-9)15-2)12-11(13)7-16-3/h4-6H,7H2,1-3H3,(H,12,13). The van der Waals surface area contributed by atoms with Crippen LogP contribution in [0.2, 0.25) is 0 Å². The third-order valence-electron chi connectivity index (χ3n) is 1.91. The molecular formula is C11H15NO3S. The minimum atomic E-state index is -0.0391. The van der Waals surface area contributed by atoms with Gasteiger partial charge in [0, 0.05) is 23.9 Å². The van der Waals surface area contributed by atoms with Gasteiger partial charge in [-0.25, -0.2) is 0 Å². The van der Waals surface area contributed by atoms with Gasteiger partial charge in [0.2, 0.25) is 5.91 Å². The zero-order valence-electron chi connectivity index (χ0n) is 9.57. The van der Waals surface area contributed by atoms with E-state index in [4.69, 9.17) is 9.47 Å². The summed E-state index contributed by atoms with van der Waals surface area (Å²) in [4.78, 5) is 11.4. The molecule has 0 spiro atoms. The van der Waals surface area contributed by atoms with Crippen molar-refractivity contribution in [3.63, 3.8) is 0 Å². The number of ether oxygens (including phenoxy) is 2. The van der Waals surface area contributed by atoms with Gasteiger partial charge in [-0.05, 0) is 6.26 Å². The maximum absolute atomic E-state index is 11.4. The summed E-state index contributed by atoms with van der Waals surface area (Å²) in [6.45, 7) is 0. The number of thioether (sulfide) groups is 1. The number of nitrogens with one attached hydrogen (secondary N) is 1. The molecule has 0 aliphatic carbocycles. The molecule has 0 heterocycles. The van der Waals surface area contributed by atoms with Gasteiger partial charge in [-0.15, -0.1) is 0 Å². The molecule has 0 bridgehead atoms. The number of hydrogen-bond acceptors (Lipinski definition) is 4. The quantitative estimate of drug-likeness (QED) is 0.856. The predicted molar refractivity (Wildman–Crippen MR) is 66.6 cm³/mol. The number of hydrogen-bond donors (Lipinski definition) is 1. The highest BCUT2D eigenvalue weighted by Gasteiger charge is 2.05. The Bertz CT molecular complexity index is 346. The van der Waals surface area contributed by atoms with Gasteiger partial charge in [-0.2, -0.15) is 11.8 Å². The van der Waals surface area contributed by atoms with Crippen LogP contribution in [0.3, 0.4) is 0 Å². The SMILES string of the molecule is COc1cc(NC(=O)CSC)cc(OC)c1. The zero-order chi connectivity index (χ0) is 12.0. The molecule has 1 rings (SSSR count). The molecule has 88 valence electrons. The Morgan fingerprint density at radius 3 is 2.25 bits per heavy atom. The van der Waals surface area contributed by atoms with Gasteiger partial charge < -0.3 is 14.8 Å². The van der Waals surface area contributed by atoms with E-state index in [1.165, 1.54) is 11.8 Å². The van der Waals surface area contributed by atoms with Crippen LogP contribution in [-0.2, 0) is 4.79 Å². The first-order valence-corrected chi connectivity index (χ1v) is 6.11. The van der Waals surface area contributed by atoms with Crippen molar-refractivity contribution < 1.29 is 14.3 Å². The van der Waals surface area contributed by atoms with E-state index >= 15 is 0 Å². The van der Waals surface area contributed by atoms with Gasteiger partial charge in [0.15, 0.2) is 0 Å². The molecule has 0 aliphatic rings. The molecule has 1 aromatic rings. The Morgan fingerprint density at radius 2 is 1.81 bits per heavy atom. The van der Waals surface area contributed by atoms with E-state index in [0.717, 1.165) is 0 Å². The molecule has 0 saturated heterocycles. The fourth-order valence-corrected chi connectivity index (χ4v) is 1.54. The average Bonchev–Trinajstić information content (AvgIpc) is 2.28. The molecule has 4 nitrogen and oxygen atoms in total. The molecule has 0 aliphatic heterocycles. The number of carbonyl (C=O) groups excluding carboxylic acids is 1. The molecule has 0 saturated carbocycles. The van der Waals surface area contributed by atoms with Crippen molar-refractivity contribution in [3.05, 3.63) is 18.2 Å². The van der Waals surface area contributed by atoms with Crippen LogP contribution < -0.4 is 14.8 Å². The second kappa shape index (κ2) is 6.27. The van der Waals surface area contributed by atoms with Crippen molar-refractivity contribution in [2.24, 2.45) is 0 Å². The van der Waals surface area contributed by atoms with E-state index in [9.17, 15) is 4.79 Å². The van der Waals surface area contributed by atoms with E-state index < -0.39 is 0 Å². The highest BCUT2D eigenvalue weighted by molar-refractivity contribution is 7.99. The maximum atomic E-state index is 11.4. The molecule has 16 heavy (non-hydrogen) atoms. The second-order valence-corrected chi connectivity index (χ2v) is 3.95. The average molecular weight is 241 g/mol. The van der Waals surface area contributed by atoms with Crippen molar-refractivity contribution in [1.29, 1.82) is 0 Å². The normalized spacial score (nSPS) is 9.69. The Balaban J connectivity index is 2.82. The Hall–Kier alpha value is -1.36. The Kier molecular flexibility index (Phi) is 4.98. The third-order valence-corrected chi connectivity index (χ3v) is 2.46. The van der Waals surface area contributed by atoms with Crippen LogP contribution in [0.4, 0.5) is 5.69 Å². The van der Waals surface area contributed by atoms with Gasteiger partial charge in [-0.1, -0.05) is 0 Å². The lowest BCUT2D eigenvalue weighted by Crippen LogP contribution is -2.13. The van der Waals surface area contributed by atoms with E-state index in [1.807, 2.05) is 6.26 Å². The highest BCUT2D eigenvalue weighted by atomic mass is 32.2. The third kappa shape index (κ3) is 3.66. The van der Waals surface area contributed by atoms with Crippen LogP contribution in [0.25, 0.3) is 0 Å². The minimum absolute atomic E-state index is 0.0391. The molecule has 1 aromatic carbocycles. The summed E-state index contributed by atoms with van der Waals surface area (Å²) in [5.74, 6) is 1.69. The van der Waals surface area contributed by atoms with Gasteiger partial charge in [-0.3, -0.25) is 4.79 Å². The van der Waals surface area contributed by atoms with Crippen LogP contribution >= 0.6 is 11.8 Å². The summed E-state index contributed by atoms with van der Waals surface area (Å²) in [5.41, 5.74) is 0.676. The fraction of sp³-hybridized carbons (Fsp3) is 0.364. The van der Waals surface area contributed by atoms with E-state index in [2.05, 4.69) is 5.32 Å². The van der Waals surface area contributed by atoms with Gasteiger partial charge in [0.05, 0.1) is 20.0 Å². The molecule has 1 N–H and O–H groups in total. The first kappa shape index (κ1) is 12.7. The first-order chi connectivity index (χ1) is 7.69. The monoisotopic (exact) mass is 241 g/mol. The summed E-state index contributed by atoms with van der Waals surface area (Å²) in [6.07, 6.45) is 1.88. The molecule has 1 amide bonds. The Labute approximate surface area is 99.3 Å². The van der Waals surface area contributed by atoms with Gasteiger partial charge in [0.1, 0.15) is 11.5 Å². The molecule has 0 radical (unpaired) electrons. The smallest absolute Gasteiger partial charge is 0.234 e. The topological polar surface area (TPSA) is 47.6 Å². The van der Waals surface area contributed by atoms with E-state index in [-0.39, 0.29) is 5.91 Å². The largest absolute Gasteiger partial charge is 0.497 e. The zero-order valence-corrected chi connectivity index (χ0v) is 10.4. The first-order valence-electron chi connectivity index (χ1n) is 4.71. The number of anilines is 1. The second-order valence-electron chi connectivity index (χ2n) is 3.08. The van der Waals surface area contributed by atoms with Crippen molar-refractivity contribution in [2.45, 2.75) is 0 Å². The van der Waals surface area contributed by atoms with Crippen LogP contribution in [0.15, 0.2) is 18.2 Å². The summed E-state index contributed by atoms with van der Waals surface area (Å²) in [7, 11) is 3.14. The number of benzene rings is 1. The lowest BCUT2D eigenvalue weighted by Gasteiger charge is -2.09. The summed E-state index contributed by atoms with van der Waals surface area (Å²) < 4.78 is 10.2. The van der Waals surface area contributed by atoms with E-state index in [0.29, 0.717) is 22.9 Å². The lowest BCUT2D eigenvalue weighted by atomic mass is 10.2. The fourth-order valence-electron chi connectivity index (χ4n) is 1.21. The summed E-state index contributed by atoms with van der Waals surface area (Å²) in [5, 5.41) is 2.77. The van der Waals surface area contributed by atoms with Crippen LogP contribution in [0, 0.1) is 0 Å². The molecule has 0 fully saturated rings. The molecule has 0 aromatic heterocycles.